The van der Waals surface area contributed by atoms with E-state index in [1.165, 1.54) is 18.0 Å². The number of rotatable bonds is 9. The molecule has 4 rings (SSSR count). The van der Waals surface area contributed by atoms with Gasteiger partial charge in [0.05, 0.1) is 12.6 Å². The molecule has 1 aliphatic carbocycles. The topological polar surface area (TPSA) is 140 Å². The lowest BCUT2D eigenvalue weighted by molar-refractivity contribution is -0.133. The molecule has 4 atom stereocenters. The third-order valence-electron chi connectivity index (χ3n) is 6.37. The second kappa shape index (κ2) is 12.8. The number of aliphatic hydroxyl groups is 1. The minimum absolute atomic E-state index is 0.103. The van der Waals surface area contributed by atoms with Crippen LogP contribution in [0.1, 0.15) is 46.3 Å². The van der Waals surface area contributed by atoms with Crippen molar-refractivity contribution in [3.63, 3.8) is 0 Å². The Balaban J connectivity index is 1.25. The molecule has 0 aliphatic heterocycles. The van der Waals surface area contributed by atoms with E-state index in [4.69, 9.17) is 5.21 Å². The predicted molar refractivity (Wildman–Crippen MR) is 146 cm³/mol. The van der Waals surface area contributed by atoms with E-state index in [-0.39, 0.29) is 18.0 Å². The van der Waals surface area contributed by atoms with Crippen LogP contribution in [-0.4, -0.2) is 52.8 Å². The highest BCUT2D eigenvalue weighted by atomic mass is 16.5. The minimum Gasteiger partial charge on any atom is -0.391 e. The first-order valence-electron chi connectivity index (χ1n) is 12.6. The van der Waals surface area contributed by atoms with Crippen LogP contribution >= 0.6 is 0 Å². The van der Waals surface area contributed by atoms with Gasteiger partial charge in [-0.3, -0.25) is 19.6 Å². The first-order valence-corrected chi connectivity index (χ1v) is 12.6. The number of hydrogen-bond donors (Lipinski definition) is 6. The number of aliphatic hydroxyl groups excluding tert-OH is 1. The number of carbonyl (C=O) groups excluding carboxylic acids is 3. The summed E-state index contributed by atoms with van der Waals surface area (Å²) >= 11 is 0. The fourth-order valence-electron chi connectivity index (χ4n) is 4.10. The van der Waals surface area contributed by atoms with Crippen LogP contribution in [0.5, 0.6) is 0 Å². The number of benzene rings is 3. The highest BCUT2D eigenvalue weighted by Crippen LogP contribution is 2.40. The van der Waals surface area contributed by atoms with Crippen LogP contribution in [0.3, 0.4) is 0 Å². The molecule has 39 heavy (non-hydrogen) atoms. The summed E-state index contributed by atoms with van der Waals surface area (Å²) in [5, 5.41) is 27.0. The molecule has 0 aromatic heterocycles. The Kier molecular flexibility index (Phi) is 9.07. The summed E-state index contributed by atoms with van der Waals surface area (Å²) in [6.45, 7) is 1.57. The number of hydroxylamine groups is 1. The summed E-state index contributed by atoms with van der Waals surface area (Å²) in [5.74, 6) is 4.92. The van der Waals surface area contributed by atoms with Gasteiger partial charge in [0.1, 0.15) is 6.04 Å². The van der Waals surface area contributed by atoms with Crippen LogP contribution < -0.4 is 21.4 Å². The Morgan fingerprint density at radius 1 is 0.923 bits per heavy atom. The molecular weight excluding hydrogens is 496 g/mol. The van der Waals surface area contributed by atoms with E-state index in [1.54, 1.807) is 36.4 Å². The number of carbonyl (C=O) groups is 3. The van der Waals surface area contributed by atoms with E-state index in [9.17, 15) is 19.5 Å². The number of amides is 3. The summed E-state index contributed by atoms with van der Waals surface area (Å²) in [4.78, 5) is 36.3. The van der Waals surface area contributed by atoms with Gasteiger partial charge in [0.15, 0.2) is 0 Å². The van der Waals surface area contributed by atoms with Gasteiger partial charge in [0.2, 0.25) is 5.91 Å². The summed E-state index contributed by atoms with van der Waals surface area (Å²) in [6.07, 6.45) is -0.161. The lowest BCUT2D eigenvalue weighted by atomic mass is 10.1. The van der Waals surface area contributed by atoms with Crippen LogP contribution in [0, 0.1) is 11.8 Å². The Bertz CT molecular complexity index is 1360. The summed E-state index contributed by atoms with van der Waals surface area (Å²) in [6, 6.07) is 22.9. The first-order chi connectivity index (χ1) is 18.8. The molecule has 9 nitrogen and oxygen atoms in total. The molecule has 0 radical (unpaired) electrons. The van der Waals surface area contributed by atoms with Gasteiger partial charge in [0.25, 0.3) is 11.8 Å². The zero-order valence-corrected chi connectivity index (χ0v) is 21.3. The van der Waals surface area contributed by atoms with Gasteiger partial charge in [-0.15, -0.1) is 0 Å². The Labute approximate surface area is 226 Å². The van der Waals surface area contributed by atoms with Gasteiger partial charge >= 0.3 is 0 Å². The van der Waals surface area contributed by atoms with Gasteiger partial charge in [-0.2, -0.15) is 0 Å². The van der Waals surface area contributed by atoms with E-state index in [0.717, 1.165) is 12.0 Å². The van der Waals surface area contributed by atoms with Gasteiger partial charge < -0.3 is 21.1 Å². The van der Waals surface area contributed by atoms with Crippen LogP contribution in [0.15, 0.2) is 78.9 Å². The van der Waals surface area contributed by atoms with Crippen LogP contribution in [0.4, 0.5) is 5.69 Å². The third-order valence-corrected chi connectivity index (χ3v) is 6.37. The van der Waals surface area contributed by atoms with Gasteiger partial charge in [-0.25, -0.2) is 5.48 Å². The average Bonchev–Trinajstić information content (AvgIpc) is 3.74. The van der Waals surface area contributed by atoms with Crippen molar-refractivity contribution in [1.29, 1.82) is 0 Å². The van der Waals surface area contributed by atoms with Crippen molar-refractivity contribution in [2.24, 2.45) is 0 Å². The molecule has 9 heteroatoms. The fraction of sp³-hybridized carbons (Fsp3) is 0.233. The second-order valence-electron chi connectivity index (χ2n) is 9.36. The lowest BCUT2D eigenvalue weighted by Crippen LogP contribution is -2.51. The molecular formula is C30H30N4O5. The molecule has 1 aliphatic rings. The van der Waals surface area contributed by atoms with Gasteiger partial charge in [0, 0.05) is 34.3 Å². The lowest BCUT2D eigenvalue weighted by Gasteiger charge is -2.19. The van der Waals surface area contributed by atoms with E-state index in [1.807, 2.05) is 30.3 Å². The van der Waals surface area contributed by atoms with Crippen molar-refractivity contribution >= 4 is 23.4 Å². The quantitative estimate of drug-likeness (QED) is 0.144. The largest absolute Gasteiger partial charge is 0.391 e. The van der Waals surface area contributed by atoms with Crippen molar-refractivity contribution in [3.8, 4) is 11.8 Å². The second-order valence-corrected chi connectivity index (χ2v) is 9.36. The summed E-state index contributed by atoms with van der Waals surface area (Å²) in [5.41, 5.74) is 5.09. The Hall–Kier alpha value is -4.49. The Morgan fingerprint density at radius 3 is 2.13 bits per heavy atom. The van der Waals surface area contributed by atoms with Crippen molar-refractivity contribution in [2.45, 2.75) is 37.5 Å². The van der Waals surface area contributed by atoms with E-state index in [0.29, 0.717) is 23.2 Å². The molecule has 200 valence electrons. The normalized spacial score (nSPS) is 17.1. The molecule has 3 amide bonds. The molecule has 0 heterocycles. The molecule has 6 N–H and O–H groups in total. The van der Waals surface area contributed by atoms with Gasteiger partial charge in [-0.1, -0.05) is 42.2 Å². The zero-order chi connectivity index (χ0) is 27.8. The molecule has 1 fully saturated rings. The minimum atomic E-state index is -1.30. The van der Waals surface area contributed by atoms with E-state index < -0.39 is 24.0 Å². The molecule has 3 aromatic rings. The van der Waals surface area contributed by atoms with Crippen molar-refractivity contribution in [1.82, 2.24) is 16.1 Å². The smallest absolute Gasteiger partial charge is 0.268 e. The van der Waals surface area contributed by atoms with Crippen molar-refractivity contribution in [2.75, 3.05) is 11.9 Å². The maximum absolute atomic E-state index is 12.4. The number of nitrogens with one attached hydrogen (secondary N) is 4. The summed E-state index contributed by atoms with van der Waals surface area (Å²) in [7, 11) is 0. The monoisotopic (exact) mass is 526 g/mol. The highest BCUT2D eigenvalue weighted by molar-refractivity contribution is 5.97. The summed E-state index contributed by atoms with van der Waals surface area (Å²) < 4.78 is 0. The standard InChI is InChI=1S/C30H30N4O5/c1-19(35)28(30(38)34-39)33-29(37)23-13-9-20(10-14-23)7-8-21-11-15-24(16-12-21)32-27(36)18-31-26-17-25(26)22-5-3-2-4-6-22/h2-6,9-16,19,25-26,28,31,35,39H,17-18H2,1H3,(H,32,36)(H,33,37)(H,34,38)/t19-,25-,26-,28+/m1/s1. The molecule has 0 saturated heterocycles. The van der Waals surface area contributed by atoms with Crippen molar-refractivity contribution in [3.05, 3.63) is 101 Å². The maximum Gasteiger partial charge on any atom is 0.268 e. The highest BCUT2D eigenvalue weighted by Gasteiger charge is 2.37. The SMILES string of the molecule is C[C@@H](O)[C@H](NC(=O)c1ccc(C#Cc2ccc(NC(=O)CN[C@@H]3C[C@@H]3c3ccccc3)cc2)cc1)C(=O)NO. The van der Waals surface area contributed by atoms with Crippen LogP contribution in [0.2, 0.25) is 0 Å². The van der Waals surface area contributed by atoms with E-state index in [2.05, 4.69) is 39.9 Å². The molecule has 0 bridgehead atoms. The Morgan fingerprint density at radius 2 is 1.54 bits per heavy atom. The molecule has 3 aromatic carbocycles. The molecule has 1 saturated carbocycles. The molecule has 0 spiro atoms. The number of hydrogen-bond acceptors (Lipinski definition) is 6. The predicted octanol–water partition coefficient (Wildman–Crippen LogP) is 2.16. The van der Waals surface area contributed by atoms with Gasteiger partial charge in [-0.05, 0) is 67.4 Å². The maximum atomic E-state index is 12.4. The van der Waals surface area contributed by atoms with Crippen LogP contribution in [0.25, 0.3) is 0 Å². The fourth-order valence-corrected chi connectivity index (χ4v) is 4.10. The van der Waals surface area contributed by atoms with Crippen molar-refractivity contribution < 1.29 is 24.7 Å². The van der Waals surface area contributed by atoms with E-state index >= 15 is 0 Å². The molecule has 0 unspecified atom stereocenters. The zero-order valence-electron chi connectivity index (χ0n) is 21.3. The first kappa shape index (κ1) is 27.5. The van der Waals surface area contributed by atoms with Crippen LogP contribution in [-0.2, 0) is 9.59 Å². The average molecular weight is 527 g/mol. The third kappa shape index (κ3) is 7.75. The number of anilines is 1.